The summed E-state index contributed by atoms with van der Waals surface area (Å²) in [5.74, 6) is 0.589. The number of hydrogen-bond donors (Lipinski definition) is 1. The first kappa shape index (κ1) is 26.5. The molecule has 39 heavy (non-hydrogen) atoms. The van der Waals surface area contributed by atoms with Crippen LogP contribution in [-0.4, -0.2) is 31.9 Å². The first-order valence-electron chi connectivity index (χ1n) is 13.7. The molecule has 5 rings (SSSR count). The molecular weight excluding hydrogens is 486 g/mol. The monoisotopic (exact) mass is 523 g/mol. The maximum absolute atomic E-state index is 14.4. The van der Waals surface area contributed by atoms with Crippen LogP contribution in [0.1, 0.15) is 62.5 Å². The molecule has 1 heterocycles. The molecule has 0 bridgehead atoms. The fourth-order valence-electron chi connectivity index (χ4n) is 5.85. The molecule has 1 aliphatic heterocycles. The van der Waals surface area contributed by atoms with E-state index in [1.54, 1.807) is 36.3 Å². The number of hydrogen-bond acceptors (Lipinski definition) is 5. The van der Waals surface area contributed by atoms with Crippen molar-refractivity contribution in [3.8, 4) is 5.75 Å². The predicted molar refractivity (Wildman–Crippen MR) is 158 cm³/mol. The summed E-state index contributed by atoms with van der Waals surface area (Å²) in [5, 5.41) is 3.59. The lowest BCUT2D eigenvalue weighted by atomic mass is 9.73. The van der Waals surface area contributed by atoms with Crippen LogP contribution in [0.25, 0.3) is 0 Å². The number of anilines is 3. The number of rotatable bonds is 6. The number of nitrogens with one attached hydrogen (secondary N) is 1. The number of benzene rings is 3. The fraction of sp³-hybridized carbons (Fsp3) is 0.333. The van der Waals surface area contributed by atoms with E-state index < -0.39 is 6.04 Å². The molecule has 1 amide bonds. The largest absolute Gasteiger partial charge is 0.497 e. The number of fused-ring (bicyclic) bond motifs is 1. The van der Waals surface area contributed by atoms with Gasteiger partial charge in [-0.3, -0.25) is 14.5 Å². The van der Waals surface area contributed by atoms with E-state index >= 15 is 0 Å². The molecule has 3 aromatic carbocycles. The third kappa shape index (κ3) is 5.03. The van der Waals surface area contributed by atoms with Gasteiger partial charge in [0.05, 0.1) is 24.5 Å². The Hall–Kier alpha value is -4.06. The highest BCUT2D eigenvalue weighted by Gasteiger charge is 2.43. The normalized spacial score (nSPS) is 18.0. The fourth-order valence-corrected chi connectivity index (χ4v) is 5.85. The van der Waals surface area contributed by atoms with Crippen LogP contribution < -0.4 is 19.9 Å². The summed E-state index contributed by atoms with van der Waals surface area (Å²) in [6.07, 6.45) is 1.16. The van der Waals surface area contributed by atoms with Gasteiger partial charge in [-0.15, -0.1) is 0 Å². The van der Waals surface area contributed by atoms with Crippen molar-refractivity contribution in [2.75, 3.05) is 35.3 Å². The summed E-state index contributed by atoms with van der Waals surface area (Å²) in [6.45, 7) is 10.3. The SMILES string of the molecule is CCN(CC)c1ccc(C2C3=C(CC(C)(C)CC3=O)Nc3ccccc3N2C(=O)c2ccc(OC)cc2)cc1. The second-order valence-corrected chi connectivity index (χ2v) is 11.0. The van der Waals surface area contributed by atoms with Crippen molar-refractivity contribution in [2.45, 2.75) is 46.6 Å². The molecule has 3 aromatic rings. The van der Waals surface area contributed by atoms with Gasteiger partial charge in [-0.05, 0) is 79.8 Å². The average molecular weight is 524 g/mol. The smallest absolute Gasteiger partial charge is 0.259 e. The van der Waals surface area contributed by atoms with Gasteiger partial charge in [-0.2, -0.15) is 0 Å². The molecule has 0 saturated heterocycles. The lowest BCUT2D eigenvalue weighted by molar-refractivity contribution is -0.118. The number of amides is 1. The molecule has 2 aliphatic rings. The Labute approximate surface area is 231 Å². The molecule has 1 unspecified atom stereocenters. The van der Waals surface area contributed by atoms with E-state index in [0.29, 0.717) is 23.3 Å². The zero-order valence-corrected chi connectivity index (χ0v) is 23.5. The molecule has 6 nitrogen and oxygen atoms in total. The van der Waals surface area contributed by atoms with Gasteiger partial charge in [0.25, 0.3) is 5.91 Å². The second kappa shape index (κ2) is 10.6. The van der Waals surface area contributed by atoms with Crippen LogP contribution in [0.4, 0.5) is 17.1 Å². The van der Waals surface area contributed by atoms with Crippen molar-refractivity contribution in [1.82, 2.24) is 0 Å². The van der Waals surface area contributed by atoms with Gasteiger partial charge in [0.2, 0.25) is 0 Å². The number of ketones is 1. The van der Waals surface area contributed by atoms with Crippen molar-refractivity contribution in [3.63, 3.8) is 0 Å². The van der Waals surface area contributed by atoms with Crippen molar-refractivity contribution >= 4 is 28.8 Å². The third-order valence-corrected chi connectivity index (χ3v) is 7.79. The minimum absolute atomic E-state index is 0.0758. The van der Waals surface area contributed by atoms with Crippen molar-refractivity contribution < 1.29 is 14.3 Å². The van der Waals surface area contributed by atoms with E-state index in [4.69, 9.17) is 4.74 Å². The van der Waals surface area contributed by atoms with Crippen molar-refractivity contribution in [3.05, 3.63) is 95.2 Å². The standard InChI is InChI=1S/C33H37N3O3/c1-6-35(7-2)24-16-12-22(13-17-24)31-30-27(20-33(3,4)21-29(30)37)34-26-10-8-9-11-28(26)36(31)32(38)23-14-18-25(39-5)19-15-23/h8-19,31,34H,6-7,20-21H2,1-5H3. The molecule has 0 aromatic heterocycles. The maximum Gasteiger partial charge on any atom is 0.259 e. The minimum atomic E-state index is -0.569. The first-order chi connectivity index (χ1) is 18.8. The molecule has 0 saturated carbocycles. The van der Waals surface area contributed by atoms with E-state index in [0.717, 1.165) is 47.8 Å². The molecule has 1 aliphatic carbocycles. The van der Waals surface area contributed by atoms with Crippen LogP contribution in [0.15, 0.2) is 84.1 Å². The van der Waals surface area contributed by atoms with Crippen LogP contribution in [0, 0.1) is 5.41 Å². The zero-order valence-electron chi connectivity index (χ0n) is 23.5. The van der Waals surface area contributed by atoms with Gasteiger partial charge in [-0.25, -0.2) is 0 Å². The average Bonchev–Trinajstić information content (AvgIpc) is 3.07. The number of carbonyl (C=O) groups is 2. The van der Waals surface area contributed by atoms with E-state index in [1.807, 2.05) is 24.3 Å². The van der Waals surface area contributed by atoms with Gasteiger partial charge >= 0.3 is 0 Å². The van der Waals surface area contributed by atoms with Crippen LogP contribution in [0.5, 0.6) is 5.75 Å². The Bertz CT molecular complexity index is 1400. The van der Waals surface area contributed by atoms with E-state index in [-0.39, 0.29) is 17.1 Å². The maximum atomic E-state index is 14.4. The van der Waals surface area contributed by atoms with Gasteiger partial charge in [0.15, 0.2) is 5.78 Å². The highest BCUT2D eigenvalue weighted by molar-refractivity contribution is 6.12. The number of para-hydroxylation sites is 2. The Morgan fingerprint density at radius 2 is 1.64 bits per heavy atom. The second-order valence-electron chi connectivity index (χ2n) is 11.0. The van der Waals surface area contributed by atoms with Crippen molar-refractivity contribution in [2.24, 2.45) is 5.41 Å². The number of allylic oxidation sites excluding steroid dienone is 1. The Balaban J connectivity index is 1.72. The highest BCUT2D eigenvalue weighted by Crippen LogP contribution is 2.48. The summed E-state index contributed by atoms with van der Waals surface area (Å²) >= 11 is 0. The molecule has 6 heteroatoms. The first-order valence-corrected chi connectivity index (χ1v) is 13.7. The summed E-state index contributed by atoms with van der Waals surface area (Å²) in [7, 11) is 1.61. The van der Waals surface area contributed by atoms with Crippen LogP contribution in [-0.2, 0) is 4.79 Å². The molecule has 0 spiro atoms. The minimum Gasteiger partial charge on any atom is -0.497 e. The van der Waals surface area contributed by atoms with Crippen LogP contribution in [0.3, 0.4) is 0 Å². The lowest BCUT2D eigenvalue weighted by Gasteiger charge is -2.37. The number of ether oxygens (including phenoxy) is 1. The number of Topliss-reactive ketones (excluding diaryl/α,β-unsaturated/α-hetero) is 1. The molecular formula is C33H37N3O3. The lowest BCUT2D eigenvalue weighted by Crippen LogP contribution is -2.39. The summed E-state index contributed by atoms with van der Waals surface area (Å²) in [5.41, 5.74) is 5.51. The molecule has 0 radical (unpaired) electrons. The molecule has 1 atom stereocenters. The van der Waals surface area contributed by atoms with Gasteiger partial charge < -0.3 is 15.0 Å². The number of nitrogens with zero attached hydrogens (tertiary/aromatic N) is 2. The van der Waals surface area contributed by atoms with Crippen LogP contribution >= 0.6 is 0 Å². The van der Waals surface area contributed by atoms with E-state index in [9.17, 15) is 9.59 Å². The molecule has 0 fully saturated rings. The van der Waals surface area contributed by atoms with Gasteiger partial charge in [0.1, 0.15) is 5.75 Å². The summed E-state index contributed by atoms with van der Waals surface area (Å²) in [6, 6.07) is 22.7. The molecule has 1 N–H and O–H groups in total. The Morgan fingerprint density at radius 3 is 2.28 bits per heavy atom. The summed E-state index contributed by atoms with van der Waals surface area (Å²) < 4.78 is 5.32. The molecule has 202 valence electrons. The quantitative estimate of drug-likeness (QED) is 0.377. The predicted octanol–water partition coefficient (Wildman–Crippen LogP) is 7.00. The Morgan fingerprint density at radius 1 is 0.974 bits per heavy atom. The number of methoxy groups -OCH3 is 1. The van der Waals surface area contributed by atoms with Crippen molar-refractivity contribution in [1.29, 1.82) is 0 Å². The zero-order chi connectivity index (χ0) is 27.7. The van der Waals surface area contributed by atoms with E-state index in [2.05, 4.69) is 62.2 Å². The van der Waals surface area contributed by atoms with Gasteiger partial charge in [0, 0.05) is 42.0 Å². The Kier molecular flexibility index (Phi) is 7.21. The van der Waals surface area contributed by atoms with E-state index in [1.165, 1.54) is 0 Å². The topological polar surface area (TPSA) is 61.9 Å². The van der Waals surface area contributed by atoms with Gasteiger partial charge in [-0.1, -0.05) is 38.1 Å². The number of carbonyl (C=O) groups excluding carboxylic acids is 2. The highest BCUT2D eigenvalue weighted by atomic mass is 16.5. The summed E-state index contributed by atoms with van der Waals surface area (Å²) in [4.78, 5) is 32.4. The third-order valence-electron chi connectivity index (χ3n) is 7.79. The van der Waals surface area contributed by atoms with Crippen LogP contribution in [0.2, 0.25) is 0 Å².